The van der Waals surface area contributed by atoms with Crippen LogP contribution in [0, 0.1) is 0 Å². The van der Waals surface area contributed by atoms with E-state index in [0.717, 1.165) is 12.8 Å². The first kappa shape index (κ1) is 16.9. The van der Waals surface area contributed by atoms with E-state index in [1.807, 2.05) is 24.3 Å². The second kappa shape index (κ2) is 8.28. The van der Waals surface area contributed by atoms with Crippen molar-refractivity contribution in [2.45, 2.75) is 64.3 Å². The molecule has 1 saturated carbocycles. The van der Waals surface area contributed by atoms with Gasteiger partial charge in [0.05, 0.1) is 0 Å². The summed E-state index contributed by atoms with van der Waals surface area (Å²) in [6.07, 6.45) is 7.37. The molecule has 1 amide bonds. The molecule has 0 aliphatic heterocycles. The zero-order chi connectivity index (χ0) is 15.9. The maximum absolute atomic E-state index is 12.2. The number of benzene rings is 1. The van der Waals surface area contributed by atoms with Gasteiger partial charge in [0.1, 0.15) is 0 Å². The molecule has 0 heterocycles. The minimum Gasteiger partial charge on any atom is -0.360 e. The van der Waals surface area contributed by atoms with Gasteiger partial charge in [0.2, 0.25) is 0 Å². The predicted molar refractivity (Wildman–Crippen MR) is 95.2 cm³/mol. The van der Waals surface area contributed by atoms with E-state index < -0.39 is 0 Å². The average Bonchev–Trinajstić information content (AvgIpc) is 2.75. The Morgan fingerprint density at radius 1 is 1.09 bits per heavy atom. The van der Waals surface area contributed by atoms with E-state index in [2.05, 4.69) is 24.5 Å². The maximum Gasteiger partial charge on any atom is 0.257 e. The number of carbonyl (C=O) groups excluding carboxylic acids is 1. The SMILES string of the molecule is CC(C)c1ccc(C(=O)NC(=S)NC2CCCCCC2)cc1. The number of thiocarbonyl (C=S) groups is 1. The molecule has 0 radical (unpaired) electrons. The molecular weight excluding hydrogens is 292 g/mol. The fourth-order valence-electron chi connectivity index (χ4n) is 2.84. The molecule has 22 heavy (non-hydrogen) atoms. The van der Waals surface area contributed by atoms with E-state index in [0.29, 0.717) is 22.6 Å². The van der Waals surface area contributed by atoms with Gasteiger partial charge in [-0.25, -0.2) is 0 Å². The first-order chi connectivity index (χ1) is 10.6. The lowest BCUT2D eigenvalue weighted by atomic mass is 10.0. The second-order valence-corrected chi connectivity index (χ2v) is 6.80. The molecule has 0 spiro atoms. The third-order valence-corrected chi connectivity index (χ3v) is 4.48. The minimum atomic E-state index is -0.138. The molecule has 1 aromatic carbocycles. The van der Waals surface area contributed by atoms with Gasteiger partial charge in [-0.1, -0.05) is 51.7 Å². The molecular formula is C18H26N2OS. The van der Waals surface area contributed by atoms with Gasteiger partial charge in [-0.05, 0) is 48.7 Å². The highest BCUT2D eigenvalue weighted by Gasteiger charge is 2.14. The van der Waals surface area contributed by atoms with E-state index >= 15 is 0 Å². The summed E-state index contributed by atoms with van der Waals surface area (Å²) in [4.78, 5) is 12.2. The second-order valence-electron chi connectivity index (χ2n) is 6.39. The molecule has 3 nitrogen and oxygen atoms in total. The van der Waals surface area contributed by atoms with Crippen LogP contribution in [0.1, 0.15) is 74.2 Å². The van der Waals surface area contributed by atoms with Crippen LogP contribution in [0.5, 0.6) is 0 Å². The zero-order valence-electron chi connectivity index (χ0n) is 13.5. The van der Waals surface area contributed by atoms with E-state index in [1.54, 1.807) is 0 Å². The van der Waals surface area contributed by atoms with Crippen molar-refractivity contribution in [3.05, 3.63) is 35.4 Å². The Morgan fingerprint density at radius 2 is 1.68 bits per heavy atom. The number of hydrogen-bond donors (Lipinski definition) is 2. The molecule has 1 fully saturated rings. The zero-order valence-corrected chi connectivity index (χ0v) is 14.3. The molecule has 0 atom stereocenters. The summed E-state index contributed by atoms with van der Waals surface area (Å²) in [6.45, 7) is 4.28. The topological polar surface area (TPSA) is 41.1 Å². The monoisotopic (exact) mass is 318 g/mol. The van der Waals surface area contributed by atoms with Gasteiger partial charge in [-0.2, -0.15) is 0 Å². The highest BCUT2D eigenvalue weighted by molar-refractivity contribution is 7.80. The normalized spacial score (nSPS) is 16.1. The summed E-state index contributed by atoms with van der Waals surface area (Å²) in [7, 11) is 0. The van der Waals surface area contributed by atoms with Crippen LogP contribution >= 0.6 is 12.2 Å². The first-order valence-electron chi connectivity index (χ1n) is 8.28. The van der Waals surface area contributed by atoms with Crippen molar-refractivity contribution in [3.8, 4) is 0 Å². The summed E-state index contributed by atoms with van der Waals surface area (Å²) in [5.74, 6) is 0.330. The van der Waals surface area contributed by atoms with Crippen molar-refractivity contribution in [1.82, 2.24) is 10.6 Å². The Balaban J connectivity index is 1.86. The lowest BCUT2D eigenvalue weighted by Gasteiger charge is -2.18. The van der Waals surface area contributed by atoms with Gasteiger partial charge in [0.25, 0.3) is 5.91 Å². The van der Waals surface area contributed by atoms with E-state index in [4.69, 9.17) is 12.2 Å². The Morgan fingerprint density at radius 3 is 2.23 bits per heavy atom. The van der Waals surface area contributed by atoms with E-state index in [-0.39, 0.29) is 5.91 Å². The maximum atomic E-state index is 12.2. The number of nitrogens with one attached hydrogen (secondary N) is 2. The third-order valence-electron chi connectivity index (χ3n) is 4.26. The fraction of sp³-hybridized carbons (Fsp3) is 0.556. The van der Waals surface area contributed by atoms with Crippen LogP contribution < -0.4 is 10.6 Å². The Hall–Kier alpha value is -1.42. The van der Waals surface area contributed by atoms with Crippen molar-refractivity contribution in [2.75, 3.05) is 0 Å². The van der Waals surface area contributed by atoms with Gasteiger partial charge >= 0.3 is 0 Å². The number of amides is 1. The molecule has 0 saturated heterocycles. The van der Waals surface area contributed by atoms with Crippen LogP contribution in [0.4, 0.5) is 0 Å². The van der Waals surface area contributed by atoms with Crippen LogP contribution in [0.25, 0.3) is 0 Å². The Kier molecular flexibility index (Phi) is 6.37. The average molecular weight is 318 g/mol. The molecule has 4 heteroatoms. The predicted octanol–water partition coefficient (Wildman–Crippen LogP) is 4.14. The lowest BCUT2D eigenvalue weighted by Crippen LogP contribution is -2.44. The standard InChI is InChI=1S/C18H26N2OS/c1-13(2)14-9-11-15(12-10-14)17(21)20-18(22)19-16-7-5-3-4-6-8-16/h9-13,16H,3-8H2,1-2H3,(H2,19,20,21,22). The molecule has 1 aromatic rings. The van der Waals surface area contributed by atoms with Crippen LogP contribution in [0.15, 0.2) is 24.3 Å². The minimum absolute atomic E-state index is 0.138. The third kappa shape index (κ3) is 5.09. The molecule has 0 bridgehead atoms. The summed E-state index contributed by atoms with van der Waals surface area (Å²) < 4.78 is 0. The van der Waals surface area contributed by atoms with E-state index in [1.165, 1.54) is 31.2 Å². The van der Waals surface area contributed by atoms with Crippen LogP contribution in [-0.2, 0) is 0 Å². The quantitative estimate of drug-likeness (QED) is 0.650. The molecule has 0 unspecified atom stereocenters. The van der Waals surface area contributed by atoms with Gasteiger partial charge in [-0.3, -0.25) is 10.1 Å². The van der Waals surface area contributed by atoms with Crippen molar-refractivity contribution >= 4 is 23.2 Å². The van der Waals surface area contributed by atoms with Gasteiger partial charge in [0.15, 0.2) is 5.11 Å². The molecule has 2 rings (SSSR count). The van der Waals surface area contributed by atoms with Crippen molar-refractivity contribution in [3.63, 3.8) is 0 Å². The van der Waals surface area contributed by atoms with Crippen molar-refractivity contribution in [2.24, 2.45) is 0 Å². The highest BCUT2D eigenvalue weighted by Crippen LogP contribution is 2.17. The Bertz CT molecular complexity index is 502. The van der Waals surface area contributed by atoms with Gasteiger partial charge < -0.3 is 5.32 Å². The molecule has 1 aliphatic carbocycles. The van der Waals surface area contributed by atoms with E-state index in [9.17, 15) is 4.79 Å². The van der Waals surface area contributed by atoms with Crippen LogP contribution in [0.2, 0.25) is 0 Å². The first-order valence-corrected chi connectivity index (χ1v) is 8.69. The van der Waals surface area contributed by atoms with Crippen LogP contribution in [0.3, 0.4) is 0 Å². The summed E-state index contributed by atoms with van der Waals surface area (Å²) in [6, 6.07) is 8.12. The molecule has 0 aromatic heterocycles. The summed E-state index contributed by atoms with van der Waals surface area (Å²) in [5, 5.41) is 6.53. The molecule has 120 valence electrons. The fourth-order valence-corrected chi connectivity index (χ4v) is 3.10. The largest absolute Gasteiger partial charge is 0.360 e. The number of carbonyl (C=O) groups is 1. The molecule has 1 aliphatic rings. The van der Waals surface area contributed by atoms with Gasteiger partial charge in [-0.15, -0.1) is 0 Å². The van der Waals surface area contributed by atoms with Crippen molar-refractivity contribution in [1.29, 1.82) is 0 Å². The van der Waals surface area contributed by atoms with Crippen molar-refractivity contribution < 1.29 is 4.79 Å². The summed E-state index contributed by atoms with van der Waals surface area (Å²) >= 11 is 5.28. The Labute approximate surface area is 138 Å². The smallest absolute Gasteiger partial charge is 0.257 e. The molecule has 2 N–H and O–H groups in total. The number of rotatable bonds is 3. The van der Waals surface area contributed by atoms with Gasteiger partial charge in [0, 0.05) is 11.6 Å². The lowest BCUT2D eigenvalue weighted by molar-refractivity contribution is 0.0976. The highest BCUT2D eigenvalue weighted by atomic mass is 32.1. The summed E-state index contributed by atoms with van der Waals surface area (Å²) in [5.41, 5.74) is 1.88. The van der Waals surface area contributed by atoms with Crippen LogP contribution in [-0.4, -0.2) is 17.1 Å². The number of hydrogen-bond acceptors (Lipinski definition) is 2.